The Morgan fingerprint density at radius 3 is 2.52 bits per heavy atom. The van der Waals surface area contributed by atoms with Gasteiger partial charge >= 0.3 is 0 Å². The van der Waals surface area contributed by atoms with Crippen molar-refractivity contribution in [3.8, 4) is 0 Å². The van der Waals surface area contributed by atoms with Crippen LogP contribution < -0.4 is 10.0 Å². The number of nitrogens with zero attached hydrogens (tertiary/aromatic N) is 1. The summed E-state index contributed by atoms with van der Waals surface area (Å²) < 4.78 is 27.1. The Balaban J connectivity index is 1.45. The number of carbonyl (C=O) groups is 1. The fraction of sp³-hybridized carbons (Fsp3) is 0.421. The average molecular weight is 408 g/mol. The molecule has 1 aliphatic heterocycles. The van der Waals surface area contributed by atoms with Gasteiger partial charge in [-0.3, -0.25) is 9.69 Å². The maximum absolute atomic E-state index is 12.4. The summed E-state index contributed by atoms with van der Waals surface area (Å²) in [5, 5.41) is 4.68. The van der Waals surface area contributed by atoms with Crippen LogP contribution in [0.2, 0.25) is 0 Å². The molecule has 1 saturated heterocycles. The van der Waals surface area contributed by atoms with E-state index in [2.05, 4.69) is 27.1 Å². The molecule has 1 unspecified atom stereocenters. The normalized spacial score (nSPS) is 17.5. The zero-order valence-electron chi connectivity index (χ0n) is 15.3. The number of likely N-dealkylation sites (tertiary alicyclic amines) is 1. The number of amides is 1. The molecule has 2 aromatic rings. The van der Waals surface area contributed by atoms with Crippen LogP contribution in [0.1, 0.15) is 25.3 Å². The highest BCUT2D eigenvalue weighted by Crippen LogP contribution is 2.16. The van der Waals surface area contributed by atoms with Crippen molar-refractivity contribution in [2.45, 2.75) is 42.6 Å². The van der Waals surface area contributed by atoms with Gasteiger partial charge < -0.3 is 5.32 Å². The Morgan fingerprint density at radius 1 is 1.19 bits per heavy atom. The molecule has 1 aliphatic rings. The van der Waals surface area contributed by atoms with Gasteiger partial charge in [0.15, 0.2) is 0 Å². The largest absolute Gasteiger partial charge is 0.352 e. The highest BCUT2D eigenvalue weighted by Gasteiger charge is 2.26. The number of carbonyl (C=O) groups excluding carboxylic acids is 1. The molecule has 0 bridgehead atoms. The van der Waals surface area contributed by atoms with E-state index in [9.17, 15) is 13.2 Å². The summed E-state index contributed by atoms with van der Waals surface area (Å²) in [4.78, 5) is 14.8. The number of hydrogen-bond donors (Lipinski definition) is 2. The van der Waals surface area contributed by atoms with Crippen LogP contribution in [-0.4, -0.2) is 44.4 Å². The molecule has 0 saturated carbocycles. The molecular formula is C19H25N3O3S2. The van der Waals surface area contributed by atoms with Gasteiger partial charge in [-0.25, -0.2) is 8.42 Å². The molecule has 0 aliphatic carbocycles. The van der Waals surface area contributed by atoms with E-state index in [0.29, 0.717) is 0 Å². The second-order valence-corrected chi connectivity index (χ2v) is 9.71. The summed E-state index contributed by atoms with van der Waals surface area (Å²) in [5.74, 6) is -0.281. The number of nitrogens with one attached hydrogen (secondary N) is 2. The van der Waals surface area contributed by atoms with Crippen molar-refractivity contribution in [2.24, 2.45) is 0 Å². The molecule has 3 rings (SSSR count). The topological polar surface area (TPSA) is 78.5 Å². The van der Waals surface area contributed by atoms with Crippen LogP contribution in [0.5, 0.6) is 0 Å². The van der Waals surface area contributed by atoms with E-state index in [0.717, 1.165) is 43.8 Å². The molecule has 0 spiro atoms. The van der Waals surface area contributed by atoms with E-state index in [1.54, 1.807) is 18.4 Å². The molecule has 2 heterocycles. The monoisotopic (exact) mass is 407 g/mol. The predicted molar refractivity (Wildman–Crippen MR) is 107 cm³/mol. The highest BCUT2D eigenvalue weighted by molar-refractivity contribution is 7.91. The lowest BCUT2D eigenvalue weighted by molar-refractivity contribution is -0.123. The first-order chi connectivity index (χ1) is 12.9. The van der Waals surface area contributed by atoms with E-state index in [-0.39, 0.29) is 16.2 Å². The first-order valence-corrected chi connectivity index (χ1v) is 11.4. The van der Waals surface area contributed by atoms with Crippen LogP contribution in [-0.2, 0) is 21.4 Å². The van der Waals surface area contributed by atoms with E-state index < -0.39 is 16.1 Å². The minimum absolute atomic E-state index is 0.0817. The second kappa shape index (κ2) is 8.97. The Bertz CT molecular complexity index is 830. The van der Waals surface area contributed by atoms with Crippen molar-refractivity contribution in [1.82, 2.24) is 14.9 Å². The third-order valence-electron chi connectivity index (χ3n) is 4.67. The second-order valence-electron chi connectivity index (χ2n) is 6.82. The first-order valence-electron chi connectivity index (χ1n) is 9.06. The van der Waals surface area contributed by atoms with Gasteiger partial charge in [-0.15, -0.1) is 11.3 Å². The lowest BCUT2D eigenvalue weighted by Gasteiger charge is -2.32. The van der Waals surface area contributed by atoms with Crippen molar-refractivity contribution in [3.63, 3.8) is 0 Å². The maximum atomic E-state index is 12.4. The van der Waals surface area contributed by atoms with Crippen molar-refractivity contribution in [3.05, 3.63) is 53.4 Å². The van der Waals surface area contributed by atoms with Crippen LogP contribution in [0.3, 0.4) is 0 Å². The standard InChI is InChI=1S/C19H25N3O3S2/c1-15(21-27(24,25)18-8-5-13-26-18)19(23)20-17-9-11-22(12-10-17)14-16-6-3-2-4-7-16/h2-8,13,15,17,21H,9-12,14H2,1H3,(H,20,23). The highest BCUT2D eigenvalue weighted by atomic mass is 32.2. The van der Waals surface area contributed by atoms with E-state index in [4.69, 9.17) is 0 Å². The Morgan fingerprint density at radius 2 is 1.89 bits per heavy atom. The quantitative estimate of drug-likeness (QED) is 0.738. The van der Waals surface area contributed by atoms with Gasteiger partial charge in [0.05, 0.1) is 6.04 Å². The maximum Gasteiger partial charge on any atom is 0.250 e. The third-order valence-corrected chi connectivity index (χ3v) is 7.61. The predicted octanol–water partition coefficient (Wildman–Crippen LogP) is 2.20. The third kappa shape index (κ3) is 5.62. The number of sulfonamides is 1. The van der Waals surface area contributed by atoms with Crippen LogP contribution in [0.15, 0.2) is 52.1 Å². The molecule has 1 fully saturated rings. The molecular weight excluding hydrogens is 382 g/mol. The van der Waals surface area contributed by atoms with Gasteiger partial charge in [0.25, 0.3) is 10.0 Å². The van der Waals surface area contributed by atoms with Crippen LogP contribution >= 0.6 is 11.3 Å². The van der Waals surface area contributed by atoms with Crippen LogP contribution in [0.25, 0.3) is 0 Å². The lowest BCUT2D eigenvalue weighted by atomic mass is 10.0. The summed E-state index contributed by atoms with van der Waals surface area (Å²) in [6.45, 7) is 4.31. The van der Waals surface area contributed by atoms with Crippen molar-refractivity contribution in [1.29, 1.82) is 0 Å². The van der Waals surface area contributed by atoms with Gasteiger partial charge in [-0.05, 0) is 36.8 Å². The molecule has 8 heteroatoms. The smallest absolute Gasteiger partial charge is 0.250 e. The van der Waals surface area contributed by atoms with Gasteiger partial charge in [-0.2, -0.15) is 4.72 Å². The molecule has 1 amide bonds. The Kier molecular flexibility index (Phi) is 6.64. The SMILES string of the molecule is CC(NS(=O)(=O)c1cccs1)C(=O)NC1CCN(Cc2ccccc2)CC1. The van der Waals surface area contributed by atoms with Gasteiger partial charge in [0, 0.05) is 25.7 Å². The Labute approximate surface area is 164 Å². The lowest BCUT2D eigenvalue weighted by Crippen LogP contribution is -2.50. The van der Waals surface area contributed by atoms with E-state index >= 15 is 0 Å². The van der Waals surface area contributed by atoms with Crippen molar-refractivity contribution < 1.29 is 13.2 Å². The summed E-state index contributed by atoms with van der Waals surface area (Å²) in [5.41, 5.74) is 1.29. The molecule has 2 N–H and O–H groups in total. The number of thiophene rings is 1. The molecule has 6 nitrogen and oxygen atoms in total. The summed E-state index contributed by atoms with van der Waals surface area (Å²) in [6.07, 6.45) is 1.73. The molecule has 146 valence electrons. The minimum Gasteiger partial charge on any atom is -0.352 e. The number of rotatable bonds is 7. The molecule has 27 heavy (non-hydrogen) atoms. The fourth-order valence-corrected chi connectivity index (χ4v) is 5.38. The molecule has 1 aromatic heterocycles. The number of hydrogen-bond acceptors (Lipinski definition) is 5. The van der Waals surface area contributed by atoms with Crippen LogP contribution in [0.4, 0.5) is 0 Å². The summed E-state index contributed by atoms with van der Waals surface area (Å²) in [6, 6.07) is 12.8. The molecule has 1 atom stereocenters. The fourth-order valence-electron chi connectivity index (χ4n) is 3.16. The molecule has 0 radical (unpaired) electrons. The van der Waals surface area contributed by atoms with Crippen LogP contribution in [0, 0.1) is 0 Å². The zero-order valence-corrected chi connectivity index (χ0v) is 16.9. The minimum atomic E-state index is -3.65. The summed E-state index contributed by atoms with van der Waals surface area (Å²) in [7, 11) is -3.65. The van der Waals surface area contributed by atoms with Crippen molar-refractivity contribution in [2.75, 3.05) is 13.1 Å². The van der Waals surface area contributed by atoms with E-state index in [1.165, 1.54) is 11.6 Å². The van der Waals surface area contributed by atoms with Gasteiger partial charge in [0.1, 0.15) is 4.21 Å². The molecule has 1 aromatic carbocycles. The number of benzene rings is 1. The Hall–Kier alpha value is -1.74. The van der Waals surface area contributed by atoms with E-state index in [1.807, 2.05) is 18.2 Å². The number of piperidine rings is 1. The average Bonchev–Trinajstić information content (AvgIpc) is 3.19. The summed E-state index contributed by atoms with van der Waals surface area (Å²) >= 11 is 1.13. The van der Waals surface area contributed by atoms with Gasteiger partial charge in [-0.1, -0.05) is 36.4 Å². The van der Waals surface area contributed by atoms with Crippen molar-refractivity contribution >= 4 is 27.3 Å². The first kappa shape index (κ1) is 20.0. The van der Waals surface area contributed by atoms with Gasteiger partial charge in [0.2, 0.25) is 5.91 Å². The zero-order chi connectivity index (χ0) is 19.3.